The van der Waals surface area contributed by atoms with E-state index in [4.69, 9.17) is 10.6 Å². The molecule has 1 fully saturated rings. The van der Waals surface area contributed by atoms with Crippen molar-refractivity contribution >= 4 is 0 Å². The topological polar surface area (TPSA) is 65.1 Å². The van der Waals surface area contributed by atoms with E-state index >= 15 is 0 Å². The summed E-state index contributed by atoms with van der Waals surface area (Å²) in [6, 6.07) is 2.32. The minimum atomic E-state index is -0.111. The lowest BCUT2D eigenvalue weighted by Crippen LogP contribution is -2.54. The van der Waals surface area contributed by atoms with Crippen LogP contribution in [0.5, 0.6) is 0 Å². The highest BCUT2D eigenvalue weighted by Gasteiger charge is 2.42. The molecule has 1 atom stereocenters. The quantitative estimate of drug-likeness (QED) is 0.589. The molecule has 114 valence electrons. The zero-order chi connectivity index (χ0) is 14.6. The molecule has 0 radical (unpaired) electrons. The van der Waals surface area contributed by atoms with Crippen molar-refractivity contribution in [2.75, 3.05) is 6.61 Å². The highest BCUT2D eigenvalue weighted by molar-refractivity contribution is 5.13. The third kappa shape index (κ3) is 3.05. The number of rotatable bonds is 7. The van der Waals surface area contributed by atoms with E-state index in [1.807, 2.05) is 11.7 Å². The molecule has 1 saturated carbocycles. The summed E-state index contributed by atoms with van der Waals surface area (Å²) in [7, 11) is 2.00. The smallest absolute Gasteiger partial charge is 0.0851 e. The summed E-state index contributed by atoms with van der Waals surface area (Å²) in [5, 5.41) is 4.52. The van der Waals surface area contributed by atoms with Gasteiger partial charge in [0.25, 0.3) is 0 Å². The minimum absolute atomic E-state index is 0.111. The molecule has 0 spiro atoms. The standard InChI is InChI=1S/C15H28N4O/c1-4-12-10-13(19(3)18-12)11-14(17-16)15(20-5-2)8-6-7-9-15/h10,14,17H,4-9,11,16H2,1-3H3. The molecule has 1 heterocycles. The third-order valence-corrected chi connectivity index (χ3v) is 4.52. The fraction of sp³-hybridized carbons (Fsp3) is 0.800. The lowest BCUT2D eigenvalue weighted by atomic mass is 9.89. The van der Waals surface area contributed by atoms with Gasteiger partial charge in [-0.15, -0.1) is 0 Å². The summed E-state index contributed by atoms with van der Waals surface area (Å²) in [5.41, 5.74) is 5.25. The van der Waals surface area contributed by atoms with Gasteiger partial charge < -0.3 is 4.74 Å². The van der Waals surface area contributed by atoms with Crippen LogP contribution in [0.2, 0.25) is 0 Å². The largest absolute Gasteiger partial charge is 0.374 e. The maximum absolute atomic E-state index is 6.12. The van der Waals surface area contributed by atoms with Gasteiger partial charge in [-0.1, -0.05) is 19.8 Å². The van der Waals surface area contributed by atoms with Crippen LogP contribution in [0.25, 0.3) is 0 Å². The molecule has 5 heteroatoms. The third-order valence-electron chi connectivity index (χ3n) is 4.52. The lowest BCUT2D eigenvalue weighted by molar-refractivity contribution is -0.0616. The van der Waals surface area contributed by atoms with Gasteiger partial charge >= 0.3 is 0 Å². The molecular formula is C15H28N4O. The first-order valence-electron chi connectivity index (χ1n) is 7.77. The van der Waals surface area contributed by atoms with Crippen molar-refractivity contribution in [3.05, 3.63) is 17.5 Å². The summed E-state index contributed by atoms with van der Waals surface area (Å²) in [5.74, 6) is 5.85. The Morgan fingerprint density at radius 3 is 2.65 bits per heavy atom. The maximum Gasteiger partial charge on any atom is 0.0851 e. The fourth-order valence-corrected chi connectivity index (χ4v) is 3.40. The van der Waals surface area contributed by atoms with Crippen molar-refractivity contribution in [2.45, 2.75) is 64.0 Å². The fourth-order valence-electron chi connectivity index (χ4n) is 3.40. The molecule has 20 heavy (non-hydrogen) atoms. The van der Waals surface area contributed by atoms with Crippen molar-refractivity contribution < 1.29 is 4.74 Å². The Hall–Kier alpha value is -0.910. The molecule has 1 aliphatic carbocycles. The molecular weight excluding hydrogens is 252 g/mol. The molecule has 1 aromatic rings. The Balaban J connectivity index is 2.16. The van der Waals surface area contributed by atoms with Gasteiger partial charge in [-0.25, -0.2) is 0 Å². The second-order valence-electron chi connectivity index (χ2n) is 5.73. The van der Waals surface area contributed by atoms with Crippen LogP contribution in [-0.2, 0) is 24.6 Å². The zero-order valence-electron chi connectivity index (χ0n) is 13.0. The zero-order valence-corrected chi connectivity index (χ0v) is 13.0. The van der Waals surface area contributed by atoms with Crippen molar-refractivity contribution in [1.29, 1.82) is 0 Å². The number of nitrogens with two attached hydrogens (primary N) is 1. The predicted octanol–water partition coefficient (Wildman–Crippen LogP) is 1.71. The Morgan fingerprint density at radius 2 is 2.15 bits per heavy atom. The van der Waals surface area contributed by atoms with Gasteiger partial charge in [0.1, 0.15) is 0 Å². The van der Waals surface area contributed by atoms with Crippen LogP contribution in [0.15, 0.2) is 6.07 Å². The molecule has 5 nitrogen and oxygen atoms in total. The molecule has 0 bridgehead atoms. The van der Waals surface area contributed by atoms with Gasteiger partial charge in [-0.3, -0.25) is 16.0 Å². The SMILES string of the molecule is CCOC1(C(Cc2cc(CC)nn2C)NN)CCCC1. The average Bonchev–Trinajstić information content (AvgIpc) is 3.04. The highest BCUT2D eigenvalue weighted by Crippen LogP contribution is 2.37. The predicted molar refractivity (Wildman–Crippen MR) is 80.2 cm³/mol. The molecule has 1 aromatic heterocycles. The summed E-state index contributed by atoms with van der Waals surface area (Å²) < 4.78 is 8.09. The Kier molecular flexibility index (Phi) is 5.18. The van der Waals surface area contributed by atoms with E-state index < -0.39 is 0 Å². The van der Waals surface area contributed by atoms with Crippen molar-refractivity contribution in [2.24, 2.45) is 12.9 Å². The Morgan fingerprint density at radius 1 is 1.45 bits per heavy atom. The molecule has 2 rings (SSSR count). The number of nitrogens with zero attached hydrogens (tertiary/aromatic N) is 2. The number of hydrogen-bond acceptors (Lipinski definition) is 4. The number of ether oxygens (including phenoxy) is 1. The average molecular weight is 280 g/mol. The van der Waals surface area contributed by atoms with Gasteiger partial charge in [0, 0.05) is 25.8 Å². The number of hydrazine groups is 1. The van der Waals surface area contributed by atoms with E-state index in [0.717, 1.165) is 38.0 Å². The van der Waals surface area contributed by atoms with Crippen LogP contribution < -0.4 is 11.3 Å². The molecule has 0 aromatic carbocycles. The second kappa shape index (κ2) is 6.70. The van der Waals surface area contributed by atoms with Crippen LogP contribution in [0.4, 0.5) is 0 Å². The molecule has 1 unspecified atom stereocenters. The minimum Gasteiger partial charge on any atom is -0.374 e. The molecule has 3 N–H and O–H groups in total. The molecule has 1 aliphatic rings. The summed E-state index contributed by atoms with van der Waals surface area (Å²) in [4.78, 5) is 0. The van der Waals surface area contributed by atoms with Gasteiger partial charge in [0.05, 0.1) is 17.3 Å². The van der Waals surface area contributed by atoms with E-state index in [-0.39, 0.29) is 11.6 Å². The van der Waals surface area contributed by atoms with Crippen molar-refractivity contribution in [1.82, 2.24) is 15.2 Å². The number of aryl methyl sites for hydroxylation is 2. The summed E-state index contributed by atoms with van der Waals surface area (Å²) >= 11 is 0. The first kappa shape index (κ1) is 15.5. The maximum atomic E-state index is 6.12. The summed E-state index contributed by atoms with van der Waals surface area (Å²) in [6.45, 7) is 4.93. The summed E-state index contributed by atoms with van der Waals surface area (Å²) in [6.07, 6.45) is 6.46. The van der Waals surface area contributed by atoms with E-state index in [1.165, 1.54) is 18.5 Å². The van der Waals surface area contributed by atoms with Gasteiger partial charge in [0.15, 0.2) is 0 Å². The van der Waals surface area contributed by atoms with Crippen molar-refractivity contribution in [3.8, 4) is 0 Å². The number of aromatic nitrogens is 2. The number of nitrogens with one attached hydrogen (secondary N) is 1. The van der Waals surface area contributed by atoms with E-state index in [1.54, 1.807) is 0 Å². The van der Waals surface area contributed by atoms with Crippen LogP contribution in [-0.4, -0.2) is 28.0 Å². The Labute approximate surface area is 121 Å². The van der Waals surface area contributed by atoms with Crippen molar-refractivity contribution in [3.63, 3.8) is 0 Å². The second-order valence-corrected chi connectivity index (χ2v) is 5.73. The molecule has 0 saturated heterocycles. The van der Waals surface area contributed by atoms with Gasteiger partial charge in [0.2, 0.25) is 0 Å². The van der Waals surface area contributed by atoms with E-state index in [0.29, 0.717) is 0 Å². The monoisotopic (exact) mass is 280 g/mol. The molecule has 0 amide bonds. The van der Waals surface area contributed by atoms with Crippen LogP contribution in [0.1, 0.15) is 50.9 Å². The Bertz CT molecular complexity index is 424. The van der Waals surface area contributed by atoms with Gasteiger partial charge in [-0.05, 0) is 32.3 Å². The normalized spacial score (nSPS) is 19.4. The van der Waals surface area contributed by atoms with E-state index in [2.05, 4.69) is 30.4 Å². The van der Waals surface area contributed by atoms with Crippen LogP contribution >= 0.6 is 0 Å². The van der Waals surface area contributed by atoms with E-state index in [9.17, 15) is 0 Å². The first-order valence-corrected chi connectivity index (χ1v) is 7.77. The first-order chi connectivity index (χ1) is 9.65. The van der Waals surface area contributed by atoms with Crippen LogP contribution in [0.3, 0.4) is 0 Å². The molecule has 0 aliphatic heterocycles. The number of hydrogen-bond donors (Lipinski definition) is 2. The van der Waals surface area contributed by atoms with Crippen LogP contribution in [0, 0.1) is 0 Å². The lowest BCUT2D eigenvalue weighted by Gasteiger charge is -2.37. The van der Waals surface area contributed by atoms with Gasteiger partial charge in [-0.2, -0.15) is 5.10 Å². The highest BCUT2D eigenvalue weighted by atomic mass is 16.5.